The number of unbranched alkanes of at least 4 members (excludes halogenated alkanes) is 1. The lowest BCUT2D eigenvalue weighted by Crippen LogP contribution is -2.22. The van der Waals surface area contributed by atoms with Gasteiger partial charge < -0.3 is 0 Å². The molecule has 4 unspecified atom stereocenters. The predicted octanol–water partition coefficient (Wildman–Crippen LogP) is 8.36. The minimum atomic E-state index is 0.505. The van der Waals surface area contributed by atoms with Gasteiger partial charge in [-0.2, -0.15) is 0 Å². The van der Waals surface area contributed by atoms with Crippen molar-refractivity contribution in [3.05, 3.63) is 37.0 Å². The molecule has 0 heteroatoms. The maximum Gasteiger partial charge on any atom is -0.0292 e. The van der Waals surface area contributed by atoms with Gasteiger partial charge in [-0.3, -0.25) is 0 Å². The second-order valence-corrected chi connectivity index (χ2v) is 8.65. The SMILES string of the molecule is C=CC=C(C)CC(C)C(C)CC(C)(CC)CCCCC(C)CC=C. The van der Waals surface area contributed by atoms with Crippen LogP contribution in [0.1, 0.15) is 92.9 Å². The van der Waals surface area contributed by atoms with Crippen molar-refractivity contribution < 1.29 is 0 Å². The number of hydrogen-bond donors (Lipinski definition) is 0. The fourth-order valence-corrected chi connectivity index (χ4v) is 3.83. The van der Waals surface area contributed by atoms with Gasteiger partial charge in [0.25, 0.3) is 0 Å². The fraction of sp³-hybridized carbons (Fsp3) is 0.750. The van der Waals surface area contributed by atoms with Crippen molar-refractivity contribution in [2.75, 3.05) is 0 Å². The standard InChI is InChI=1S/C24H44/c1-9-14-20(4)16-12-13-17-24(8,11-3)19-23(7)22(6)18-21(5)15-10-2/h9-10,15,20,22-23H,1-2,11-14,16-19H2,3-8H3. The third kappa shape index (κ3) is 10.2. The van der Waals surface area contributed by atoms with Crippen LogP contribution in [0, 0.1) is 23.2 Å². The highest BCUT2D eigenvalue weighted by molar-refractivity contribution is 5.08. The zero-order valence-corrected chi connectivity index (χ0v) is 17.5. The summed E-state index contributed by atoms with van der Waals surface area (Å²) < 4.78 is 0. The molecule has 0 nitrogen and oxygen atoms in total. The van der Waals surface area contributed by atoms with Crippen molar-refractivity contribution in [2.24, 2.45) is 23.2 Å². The molecule has 140 valence electrons. The Labute approximate surface area is 153 Å². The van der Waals surface area contributed by atoms with Crippen molar-refractivity contribution in [3.8, 4) is 0 Å². The quantitative estimate of drug-likeness (QED) is 0.170. The third-order valence-corrected chi connectivity index (χ3v) is 5.98. The largest absolute Gasteiger partial charge is 0.103 e. The topological polar surface area (TPSA) is 0 Å². The highest BCUT2D eigenvalue weighted by Gasteiger charge is 2.26. The van der Waals surface area contributed by atoms with Gasteiger partial charge in [0, 0.05) is 0 Å². The molecule has 0 aliphatic heterocycles. The van der Waals surface area contributed by atoms with E-state index in [0.717, 1.165) is 24.2 Å². The summed E-state index contributed by atoms with van der Waals surface area (Å²) in [6.07, 6.45) is 16.6. The average molecular weight is 333 g/mol. The third-order valence-electron chi connectivity index (χ3n) is 5.98. The van der Waals surface area contributed by atoms with Crippen molar-refractivity contribution in [1.82, 2.24) is 0 Å². The van der Waals surface area contributed by atoms with E-state index in [2.05, 4.69) is 66.9 Å². The van der Waals surface area contributed by atoms with Gasteiger partial charge in [0.1, 0.15) is 0 Å². The van der Waals surface area contributed by atoms with Crippen molar-refractivity contribution in [1.29, 1.82) is 0 Å². The van der Waals surface area contributed by atoms with E-state index in [0.29, 0.717) is 5.41 Å². The van der Waals surface area contributed by atoms with E-state index in [1.54, 1.807) is 0 Å². The van der Waals surface area contributed by atoms with Crippen LogP contribution < -0.4 is 0 Å². The maximum absolute atomic E-state index is 3.85. The van der Waals surface area contributed by atoms with Crippen molar-refractivity contribution in [2.45, 2.75) is 92.9 Å². The van der Waals surface area contributed by atoms with E-state index >= 15 is 0 Å². The molecule has 0 saturated carbocycles. The first-order valence-electron chi connectivity index (χ1n) is 10.2. The Hall–Kier alpha value is -0.780. The number of rotatable bonds is 14. The van der Waals surface area contributed by atoms with Crippen molar-refractivity contribution >= 4 is 0 Å². The Morgan fingerprint density at radius 1 is 1.08 bits per heavy atom. The van der Waals surface area contributed by atoms with E-state index in [9.17, 15) is 0 Å². The second kappa shape index (κ2) is 12.6. The summed E-state index contributed by atoms with van der Waals surface area (Å²) in [5.41, 5.74) is 1.96. The van der Waals surface area contributed by atoms with Crippen LogP contribution in [0.25, 0.3) is 0 Å². The maximum atomic E-state index is 3.85. The lowest BCUT2D eigenvalue weighted by Gasteiger charge is -2.34. The molecule has 4 atom stereocenters. The van der Waals surface area contributed by atoms with E-state index in [1.807, 2.05) is 6.08 Å². The normalized spacial score (nSPS) is 18.5. The van der Waals surface area contributed by atoms with Gasteiger partial charge in [0.05, 0.1) is 0 Å². The molecule has 0 heterocycles. The fourth-order valence-electron chi connectivity index (χ4n) is 3.83. The van der Waals surface area contributed by atoms with Crippen LogP contribution in [0.2, 0.25) is 0 Å². The Morgan fingerprint density at radius 2 is 1.75 bits per heavy atom. The van der Waals surface area contributed by atoms with Gasteiger partial charge in [-0.1, -0.05) is 90.7 Å². The molecule has 0 fully saturated rings. The highest BCUT2D eigenvalue weighted by Crippen LogP contribution is 2.38. The minimum absolute atomic E-state index is 0.505. The van der Waals surface area contributed by atoms with Crippen LogP contribution in [0.15, 0.2) is 37.0 Å². The van der Waals surface area contributed by atoms with Crippen LogP contribution >= 0.6 is 0 Å². The second-order valence-electron chi connectivity index (χ2n) is 8.65. The molecule has 0 aromatic rings. The van der Waals surface area contributed by atoms with Crippen LogP contribution in [0.5, 0.6) is 0 Å². The zero-order chi connectivity index (χ0) is 18.6. The molecule has 0 aliphatic rings. The predicted molar refractivity (Wildman–Crippen MR) is 112 cm³/mol. The Balaban J connectivity index is 4.35. The molecule has 0 radical (unpaired) electrons. The van der Waals surface area contributed by atoms with E-state index in [1.165, 1.54) is 50.5 Å². The lowest BCUT2D eigenvalue weighted by atomic mass is 9.72. The summed E-state index contributed by atoms with van der Waals surface area (Å²) in [5, 5.41) is 0. The number of allylic oxidation sites excluding steroid dienone is 4. The first-order valence-corrected chi connectivity index (χ1v) is 10.2. The monoisotopic (exact) mass is 332 g/mol. The van der Waals surface area contributed by atoms with Crippen LogP contribution in [0.3, 0.4) is 0 Å². The molecule has 0 spiro atoms. The summed E-state index contributed by atoms with van der Waals surface area (Å²) in [4.78, 5) is 0. The average Bonchev–Trinajstić information content (AvgIpc) is 2.52. The smallest absolute Gasteiger partial charge is 0.0292 e. The van der Waals surface area contributed by atoms with Crippen LogP contribution in [-0.4, -0.2) is 0 Å². The Morgan fingerprint density at radius 3 is 2.29 bits per heavy atom. The lowest BCUT2D eigenvalue weighted by molar-refractivity contribution is 0.180. The summed E-state index contributed by atoms with van der Waals surface area (Å²) in [6.45, 7) is 22.0. The molecule has 0 aromatic carbocycles. The summed E-state index contributed by atoms with van der Waals surface area (Å²) in [6, 6.07) is 0. The van der Waals surface area contributed by atoms with E-state index in [4.69, 9.17) is 0 Å². The van der Waals surface area contributed by atoms with E-state index < -0.39 is 0 Å². The molecule has 0 aliphatic carbocycles. The van der Waals surface area contributed by atoms with Gasteiger partial charge in [0.2, 0.25) is 0 Å². The highest BCUT2D eigenvalue weighted by atomic mass is 14.3. The van der Waals surface area contributed by atoms with Gasteiger partial charge in [-0.15, -0.1) is 6.58 Å². The molecule has 0 rings (SSSR count). The summed E-state index contributed by atoms with van der Waals surface area (Å²) in [5.74, 6) is 2.33. The van der Waals surface area contributed by atoms with Crippen LogP contribution in [0.4, 0.5) is 0 Å². The first kappa shape index (κ1) is 23.2. The zero-order valence-electron chi connectivity index (χ0n) is 17.5. The van der Waals surface area contributed by atoms with Gasteiger partial charge in [-0.25, -0.2) is 0 Å². The molecular formula is C24H44. The minimum Gasteiger partial charge on any atom is -0.103 e. The Kier molecular flexibility index (Phi) is 12.2. The van der Waals surface area contributed by atoms with Gasteiger partial charge in [0.15, 0.2) is 0 Å². The molecule has 0 bridgehead atoms. The van der Waals surface area contributed by atoms with Crippen LogP contribution in [-0.2, 0) is 0 Å². The molecule has 0 amide bonds. The van der Waals surface area contributed by atoms with Crippen molar-refractivity contribution in [3.63, 3.8) is 0 Å². The summed E-state index contributed by atoms with van der Waals surface area (Å²) >= 11 is 0. The number of hydrogen-bond acceptors (Lipinski definition) is 0. The molecule has 0 saturated heterocycles. The first-order chi connectivity index (χ1) is 11.3. The summed E-state index contributed by atoms with van der Waals surface area (Å²) in [7, 11) is 0. The Bertz CT molecular complexity index is 375. The van der Waals surface area contributed by atoms with Gasteiger partial charge in [-0.05, 0) is 55.8 Å². The molecule has 24 heavy (non-hydrogen) atoms. The molecular weight excluding hydrogens is 288 g/mol. The molecule has 0 N–H and O–H groups in total. The van der Waals surface area contributed by atoms with E-state index in [-0.39, 0.29) is 0 Å². The molecule has 0 aromatic heterocycles. The van der Waals surface area contributed by atoms with Gasteiger partial charge >= 0.3 is 0 Å².